The molecule has 0 rings (SSSR count). The van der Waals surface area contributed by atoms with E-state index < -0.39 is 11.9 Å². The fourth-order valence-corrected chi connectivity index (χ4v) is 0. The SMILES string of the molecule is CC(=O)O.CC(=O)OO.OO. The zero-order valence-corrected chi connectivity index (χ0v) is 6.01. The van der Waals surface area contributed by atoms with Crippen molar-refractivity contribution in [1.82, 2.24) is 0 Å². The Morgan fingerprint density at radius 1 is 1.18 bits per heavy atom. The van der Waals surface area contributed by atoms with Crippen LogP contribution in [0.1, 0.15) is 13.8 Å². The first kappa shape index (κ1) is 16.4. The maximum Gasteiger partial charge on any atom is 0.339 e. The molecule has 0 aromatic rings. The quantitative estimate of drug-likeness (QED) is 0.301. The van der Waals surface area contributed by atoms with Crippen LogP contribution in [0, 0.1) is 0 Å². The Bertz CT molecular complexity index is 94.6. The molecule has 7 heteroatoms. The predicted octanol–water partition coefficient (Wildman–Crippen LogP) is 0.131. The van der Waals surface area contributed by atoms with Gasteiger partial charge < -0.3 is 9.99 Å². The fraction of sp³-hybridized carbons (Fsp3) is 0.500. The van der Waals surface area contributed by atoms with Gasteiger partial charge in [0.25, 0.3) is 5.97 Å². The molecule has 68 valence electrons. The lowest BCUT2D eigenvalue weighted by atomic mass is 10.9. The van der Waals surface area contributed by atoms with Crippen LogP contribution >= 0.6 is 0 Å². The minimum atomic E-state index is -0.833. The van der Waals surface area contributed by atoms with Gasteiger partial charge in [-0.05, 0) is 0 Å². The van der Waals surface area contributed by atoms with E-state index in [-0.39, 0.29) is 0 Å². The van der Waals surface area contributed by atoms with Gasteiger partial charge in [-0.15, -0.1) is 0 Å². The third-order valence-corrected chi connectivity index (χ3v) is 0.129. The van der Waals surface area contributed by atoms with Crippen molar-refractivity contribution >= 4 is 11.9 Å². The summed E-state index contributed by atoms with van der Waals surface area (Å²) < 4.78 is 0. The number of carbonyl (C=O) groups excluding carboxylic acids is 1. The summed E-state index contributed by atoms with van der Waals surface area (Å²) >= 11 is 0. The molecule has 0 aliphatic rings. The monoisotopic (exact) mass is 170 g/mol. The molecular formula is C4H10O7. The number of aliphatic carboxylic acids is 1. The summed E-state index contributed by atoms with van der Waals surface area (Å²) in [6.45, 7) is 2.19. The molecule has 0 aromatic heterocycles. The third-order valence-electron chi connectivity index (χ3n) is 0.129. The molecule has 0 amide bonds. The van der Waals surface area contributed by atoms with Gasteiger partial charge in [0.2, 0.25) is 0 Å². The fourth-order valence-electron chi connectivity index (χ4n) is 0. The summed E-state index contributed by atoms with van der Waals surface area (Å²) in [4.78, 5) is 21.5. The number of carboxylic acid groups (broad SMARTS) is 1. The molecule has 0 fully saturated rings. The molecule has 0 saturated heterocycles. The van der Waals surface area contributed by atoms with Crippen LogP contribution < -0.4 is 0 Å². The van der Waals surface area contributed by atoms with Crippen molar-refractivity contribution in [2.75, 3.05) is 0 Å². The number of carboxylic acids is 1. The lowest BCUT2D eigenvalue weighted by Gasteiger charge is -1.76. The van der Waals surface area contributed by atoms with Crippen molar-refractivity contribution in [1.29, 1.82) is 0 Å². The van der Waals surface area contributed by atoms with E-state index in [1.54, 1.807) is 0 Å². The van der Waals surface area contributed by atoms with Gasteiger partial charge in [0.15, 0.2) is 0 Å². The molecule has 0 spiro atoms. The van der Waals surface area contributed by atoms with Crippen LogP contribution in [0.15, 0.2) is 0 Å². The lowest BCUT2D eigenvalue weighted by molar-refractivity contribution is -0.231. The van der Waals surface area contributed by atoms with Gasteiger partial charge in [-0.1, -0.05) is 0 Å². The van der Waals surface area contributed by atoms with Crippen molar-refractivity contribution in [3.63, 3.8) is 0 Å². The Balaban J connectivity index is -0.0000000965. The predicted molar refractivity (Wildman–Crippen MR) is 33.0 cm³/mol. The second kappa shape index (κ2) is 15.9. The van der Waals surface area contributed by atoms with Crippen LogP contribution in [0.4, 0.5) is 0 Å². The zero-order valence-electron chi connectivity index (χ0n) is 6.01. The molecule has 0 aromatic carbocycles. The van der Waals surface area contributed by atoms with Crippen LogP contribution in [0.5, 0.6) is 0 Å². The van der Waals surface area contributed by atoms with Gasteiger partial charge in [-0.3, -0.25) is 15.3 Å². The zero-order chi connectivity index (χ0) is 9.86. The van der Waals surface area contributed by atoms with E-state index in [4.69, 9.17) is 25.7 Å². The van der Waals surface area contributed by atoms with E-state index in [2.05, 4.69) is 4.89 Å². The maximum atomic E-state index is 9.34. The molecule has 0 atom stereocenters. The highest BCUT2D eigenvalue weighted by Gasteiger charge is 1.79. The summed E-state index contributed by atoms with van der Waals surface area (Å²) in [5, 5.41) is 26.7. The van der Waals surface area contributed by atoms with E-state index in [1.165, 1.54) is 0 Å². The molecule has 0 aliphatic carbocycles. The van der Waals surface area contributed by atoms with Crippen molar-refractivity contribution in [2.24, 2.45) is 0 Å². The summed E-state index contributed by atoms with van der Waals surface area (Å²) in [5.41, 5.74) is 0. The molecule has 0 unspecified atom stereocenters. The van der Waals surface area contributed by atoms with E-state index in [9.17, 15) is 4.79 Å². The van der Waals surface area contributed by atoms with Gasteiger partial charge in [-0.25, -0.2) is 4.79 Å². The van der Waals surface area contributed by atoms with E-state index in [0.29, 0.717) is 0 Å². The van der Waals surface area contributed by atoms with Crippen LogP contribution in [0.3, 0.4) is 0 Å². The van der Waals surface area contributed by atoms with Gasteiger partial charge in [0.1, 0.15) is 0 Å². The van der Waals surface area contributed by atoms with Gasteiger partial charge in [0, 0.05) is 13.8 Å². The van der Waals surface area contributed by atoms with Crippen LogP contribution in [-0.4, -0.2) is 32.8 Å². The largest absolute Gasteiger partial charge is 0.481 e. The second-order valence-electron chi connectivity index (χ2n) is 1.10. The molecular weight excluding hydrogens is 160 g/mol. The Morgan fingerprint density at radius 2 is 1.27 bits per heavy atom. The Hall–Kier alpha value is -1.18. The summed E-state index contributed by atoms with van der Waals surface area (Å²) in [6.07, 6.45) is 0. The van der Waals surface area contributed by atoms with Gasteiger partial charge in [0.05, 0.1) is 0 Å². The first-order valence-corrected chi connectivity index (χ1v) is 2.22. The average molecular weight is 170 g/mol. The topological polar surface area (TPSA) is 124 Å². The number of rotatable bonds is 0. The second-order valence-corrected chi connectivity index (χ2v) is 1.10. The first-order valence-electron chi connectivity index (χ1n) is 2.22. The molecule has 4 N–H and O–H groups in total. The maximum absolute atomic E-state index is 9.34. The lowest BCUT2D eigenvalue weighted by Crippen LogP contribution is -1.89. The van der Waals surface area contributed by atoms with E-state index in [0.717, 1.165) is 13.8 Å². The van der Waals surface area contributed by atoms with Crippen molar-refractivity contribution in [3.8, 4) is 0 Å². The first-order chi connectivity index (χ1) is 5.00. The molecule has 7 nitrogen and oxygen atoms in total. The summed E-state index contributed by atoms with van der Waals surface area (Å²) in [5.74, 6) is -1.52. The minimum Gasteiger partial charge on any atom is -0.481 e. The van der Waals surface area contributed by atoms with Gasteiger partial charge >= 0.3 is 5.97 Å². The molecule has 0 heterocycles. The molecule has 0 radical (unpaired) electrons. The Kier molecular flexibility index (Phi) is 23.8. The number of hydrogen-bond acceptors (Lipinski definition) is 6. The Morgan fingerprint density at radius 3 is 1.27 bits per heavy atom. The molecule has 11 heavy (non-hydrogen) atoms. The molecule has 0 aliphatic heterocycles. The average Bonchev–Trinajstić information content (AvgIpc) is 1.91. The van der Waals surface area contributed by atoms with Crippen LogP contribution in [-0.2, 0) is 14.5 Å². The van der Waals surface area contributed by atoms with Crippen LogP contribution in [0.2, 0.25) is 0 Å². The number of carbonyl (C=O) groups is 2. The molecule has 0 saturated carbocycles. The Labute approximate surface area is 62.3 Å². The van der Waals surface area contributed by atoms with Crippen molar-refractivity contribution < 1.29 is 35.4 Å². The number of hydrogen-bond donors (Lipinski definition) is 4. The van der Waals surface area contributed by atoms with Gasteiger partial charge in [-0.2, -0.15) is 5.26 Å². The van der Waals surface area contributed by atoms with Crippen molar-refractivity contribution in [2.45, 2.75) is 13.8 Å². The standard InChI is InChI=1S/C2H4O3.C2H4O2.H2O2/c1-2(3)5-4;1-2(3)4;1-2/h4H,1H3;1H3,(H,3,4);1-2H. The highest BCUT2D eigenvalue weighted by molar-refractivity contribution is 5.64. The minimum absolute atomic E-state index is 0.690. The normalized spacial score (nSPS) is 5.91. The van der Waals surface area contributed by atoms with Crippen LogP contribution in [0.25, 0.3) is 0 Å². The summed E-state index contributed by atoms with van der Waals surface area (Å²) in [7, 11) is 0. The van der Waals surface area contributed by atoms with E-state index in [1.807, 2.05) is 0 Å². The summed E-state index contributed by atoms with van der Waals surface area (Å²) in [6, 6.07) is 0. The van der Waals surface area contributed by atoms with Crippen molar-refractivity contribution in [3.05, 3.63) is 0 Å². The highest BCUT2D eigenvalue weighted by atomic mass is 17.1. The van der Waals surface area contributed by atoms with E-state index >= 15 is 0 Å². The third kappa shape index (κ3) is 610. The smallest absolute Gasteiger partial charge is 0.339 e. The highest BCUT2D eigenvalue weighted by Crippen LogP contribution is 1.59. The molecule has 0 bridgehead atoms.